The molecule has 98 valence electrons. The van der Waals surface area contributed by atoms with Crippen molar-refractivity contribution in [2.24, 2.45) is 5.73 Å². The van der Waals surface area contributed by atoms with Crippen LogP contribution in [0, 0.1) is 0 Å². The van der Waals surface area contributed by atoms with Gasteiger partial charge in [0.2, 0.25) is 0 Å². The van der Waals surface area contributed by atoms with Crippen molar-refractivity contribution in [1.82, 2.24) is 4.90 Å². The third-order valence-corrected chi connectivity index (χ3v) is 2.81. The van der Waals surface area contributed by atoms with E-state index in [9.17, 15) is 4.79 Å². The van der Waals surface area contributed by atoms with Gasteiger partial charge in [0.1, 0.15) is 0 Å². The van der Waals surface area contributed by atoms with Crippen molar-refractivity contribution in [1.29, 1.82) is 0 Å². The van der Waals surface area contributed by atoms with Crippen LogP contribution in [-0.2, 0) is 0 Å². The normalized spacial score (nSPS) is 9.89. The minimum atomic E-state index is -0.184. The van der Waals surface area contributed by atoms with Gasteiger partial charge >= 0.3 is 6.03 Å². The Morgan fingerprint density at radius 1 is 1.56 bits per heavy atom. The van der Waals surface area contributed by atoms with E-state index in [2.05, 4.69) is 5.32 Å². The van der Waals surface area contributed by atoms with Gasteiger partial charge in [0, 0.05) is 30.2 Å². The number of urea groups is 1. The molecule has 0 aliphatic heterocycles. The fourth-order valence-corrected chi connectivity index (χ4v) is 1.70. The number of hydrogen-bond donors (Lipinski definition) is 2. The van der Waals surface area contributed by atoms with Gasteiger partial charge in [-0.15, -0.1) is 0 Å². The lowest BCUT2D eigenvalue weighted by atomic mass is 10.3. The van der Waals surface area contributed by atoms with Crippen molar-refractivity contribution in [3.05, 3.63) is 29.3 Å². The molecular weight excluding hydrogens is 270 g/mol. The minimum Gasteiger partial charge on any atom is -0.393 e. The summed E-state index contributed by atoms with van der Waals surface area (Å²) < 4.78 is 0. The van der Waals surface area contributed by atoms with Crippen molar-refractivity contribution >= 4 is 40.5 Å². The Kier molecular flexibility index (Phi) is 5.88. The largest absolute Gasteiger partial charge is 0.393 e. The van der Waals surface area contributed by atoms with Crippen LogP contribution in [0.3, 0.4) is 0 Å². The summed E-state index contributed by atoms with van der Waals surface area (Å²) in [5.41, 5.74) is 6.09. The summed E-state index contributed by atoms with van der Waals surface area (Å²) in [6, 6.07) is 6.83. The van der Waals surface area contributed by atoms with Crippen LogP contribution in [0.2, 0.25) is 5.02 Å². The Labute approximate surface area is 117 Å². The lowest BCUT2D eigenvalue weighted by molar-refractivity contribution is 0.216. The first-order valence-electron chi connectivity index (χ1n) is 5.62. The molecule has 1 rings (SSSR count). The van der Waals surface area contributed by atoms with E-state index in [0.29, 0.717) is 35.2 Å². The summed E-state index contributed by atoms with van der Waals surface area (Å²) in [5.74, 6) is 0. The minimum absolute atomic E-state index is 0.184. The predicted octanol–water partition coefficient (Wildman–Crippen LogP) is 2.87. The lowest BCUT2D eigenvalue weighted by Gasteiger charge is -2.21. The lowest BCUT2D eigenvalue weighted by Crippen LogP contribution is -2.36. The second kappa shape index (κ2) is 7.18. The Hall–Kier alpha value is -1.33. The Morgan fingerprint density at radius 2 is 2.28 bits per heavy atom. The van der Waals surface area contributed by atoms with E-state index in [1.165, 1.54) is 0 Å². The molecule has 0 aliphatic rings. The molecule has 0 unspecified atom stereocenters. The van der Waals surface area contributed by atoms with Gasteiger partial charge in [0.25, 0.3) is 0 Å². The molecule has 4 nitrogen and oxygen atoms in total. The van der Waals surface area contributed by atoms with Crippen LogP contribution in [0.25, 0.3) is 0 Å². The highest BCUT2D eigenvalue weighted by Crippen LogP contribution is 2.15. The zero-order chi connectivity index (χ0) is 13.5. The fourth-order valence-electron chi connectivity index (χ4n) is 1.42. The highest BCUT2D eigenvalue weighted by molar-refractivity contribution is 7.80. The van der Waals surface area contributed by atoms with Crippen molar-refractivity contribution < 1.29 is 4.79 Å². The number of rotatable bonds is 5. The summed E-state index contributed by atoms with van der Waals surface area (Å²) in [7, 11) is 0. The summed E-state index contributed by atoms with van der Waals surface area (Å²) >= 11 is 10.6. The first-order valence-corrected chi connectivity index (χ1v) is 6.41. The standard InChI is InChI=1S/C12H16ClN3OS/c1-2-16(7-6-11(14)18)12(17)15-10-5-3-4-9(13)8-10/h3-5,8H,2,6-7H2,1H3,(H2,14,18)(H,15,17). The summed E-state index contributed by atoms with van der Waals surface area (Å²) in [4.78, 5) is 14.0. The average Bonchev–Trinajstić information content (AvgIpc) is 2.29. The number of carbonyl (C=O) groups is 1. The van der Waals surface area contributed by atoms with Gasteiger partial charge in [-0.1, -0.05) is 29.9 Å². The molecule has 0 aliphatic carbocycles. The van der Waals surface area contributed by atoms with E-state index in [1.54, 1.807) is 29.2 Å². The number of benzene rings is 1. The number of carbonyl (C=O) groups excluding carboxylic acids is 1. The van der Waals surface area contributed by atoms with E-state index < -0.39 is 0 Å². The molecule has 0 spiro atoms. The van der Waals surface area contributed by atoms with Crippen LogP contribution in [0.15, 0.2) is 24.3 Å². The number of nitrogens with two attached hydrogens (primary N) is 1. The SMILES string of the molecule is CCN(CCC(N)=S)C(=O)Nc1cccc(Cl)c1. The number of nitrogens with one attached hydrogen (secondary N) is 1. The highest BCUT2D eigenvalue weighted by Gasteiger charge is 2.11. The smallest absolute Gasteiger partial charge is 0.321 e. The molecule has 0 radical (unpaired) electrons. The molecule has 1 aromatic rings. The number of halogens is 1. The summed E-state index contributed by atoms with van der Waals surface area (Å²) in [6.07, 6.45) is 0.520. The fraction of sp³-hybridized carbons (Fsp3) is 0.333. The third-order valence-electron chi connectivity index (χ3n) is 2.37. The molecule has 18 heavy (non-hydrogen) atoms. The first kappa shape index (κ1) is 14.7. The average molecular weight is 286 g/mol. The van der Waals surface area contributed by atoms with E-state index in [0.717, 1.165) is 0 Å². The van der Waals surface area contributed by atoms with E-state index in [-0.39, 0.29) is 6.03 Å². The molecule has 0 saturated heterocycles. The highest BCUT2D eigenvalue weighted by atomic mass is 35.5. The van der Waals surface area contributed by atoms with E-state index in [1.807, 2.05) is 6.92 Å². The van der Waals surface area contributed by atoms with Gasteiger partial charge in [-0.25, -0.2) is 4.79 Å². The van der Waals surface area contributed by atoms with Crippen LogP contribution in [0.5, 0.6) is 0 Å². The maximum atomic E-state index is 12.0. The van der Waals surface area contributed by atoms with E-state index >= 15 is 0 Å². The summed E-state index contributed by atoms with van der Waals surface area (Å²) in [5, 5.41) is 3.36. The van der Waals surface area contributed by atoms with Gasteiger partial charge in [-0.3, -0.25) is 0 Å². The molecule has 2 amide bonds. The number of nitrogens with zero attached hydrogens (tertiary/aromatic N) is 1. The Balaban J connectivity index is 2.59. The molecule has 0 bridgehead atoms. The van der Waals surface area contributed by atoms with Crippen LogP contribution < -0.4 is 11.1 Å². The molecule has 0 fully saturated rings. The van der Waals surface area contributed by atoms with Crippen LogP contribution in [0.1, 0.15) is 13.3 Å². The van der Waals surface area contributed by atoms with Gasteiger partial charge < -0.3 is 16.0 Å². The number of thiocarbonyl (C=S) groups is 1. The molecule has 0 aromatic heterocycles. The van der Waals surface area contributed by atoms with Gasteiger partial charge in [0.15, 0.2) is 0 Å². The Morgan fingerprint density at radius 3 is 2.83 bits per heavy atom. The maximum absolute atomic E-state index is 12.0. The molecular formula is C12H16ClN3OS. The predicted molar refractivity (Wildman–Crippen MR) is 79.1 cm³/mol. The molecule has 0 atom stereocenters. The second-order valence-electron chi connectivity index (χ2n) is 3.74. The molecule has 6 heteroatoms. The third kappa shape index (κ3) is 4.89. The number of amides is 2. The molecule has 3 N–H and O–H groups in total. The maximum Gasteiger partial charge on any atom is 0.321 e. The van der Waals surface area contributed by atoms with Crippen LogP contribution >= 0.6 is 23.8 Å². The number of hydrogen-bond acceptors (Lipinski definition) is 2. The quantitative estimate of drug-likeness (QED) is 0.818. The van der Waals surface area contributed by atoms with Crippen molar-refractivity contribution in [2.45, 2.75) is 13.3 Å². The van der Waals surface area contributed by atoms with E-state index in [4.69, 9.17) is 29.6 Å². The van der Waals surface area contributed by atoms with Crippen molar-refractivity contribution in [2.75, 3.05) is 18.4 Å². The summed E-state index contributed by atoms with van der Waals surface area (Å²) in [6.45, 7) is 3.00. The monoisotopic (exact) mass is 285 g/mol. The van der Waals surface area contributed by atoms with Crippen molar-refractivity contribution in [3.63, 3.8) is 0 Å². The molecule has 0 saturated carbocycles. The van der Waals surface area contributed by atoms with Crippen molar-refractivity contribution in [3.8, 4) is 0 Å². The Bertz CT molecular complexity index is 439. The first-order chi connectivity index (χ1) is 8.52. The van der Waals surface area contributed by atoms with Crippen LogP contribution in [-0.4, -0.2) is 29.0 Å². The van der Waals surface area contributed by atoms with Gasteiger partial charge in [-0.2, -0.15) is 0 Å². The van der Waals surface area contributed by atoms with Gasteiger partial charge in [0.05, 0.1) is 4.99 Å². The topological polar surface area (TPSA) is 58.4 Å². The second-order valence-corrected chi connectivity index (χ2v) is 4.70. The molecule has 1 aromatic carbocycles. The van der Waals surface area contributed by atoms with Crippen LogP contribution in [0.4, 0.5) is 10.5 Å². The molecule has 0 heterocycles. The van der Waals surface area contributed by atoms with Gasteiger partial charge in [-0.05, 0) is 25.1 Å². The zero-order valence-corrected chi connectivity index (χ0v) is 11.7. The number of anilines is 1. The zero-order valence-electron chi connectivity index (χ0n) is 10.1.